The Balaban J connectivity index is 3.45. The second-order valence-corrected chi connectivity index (χ2v) is 2.72. The molecular formula is C5H8Cl2. The van der Waals surface area contributed by atoms with Crippen molar-refractivity contribution in [3.8, 4) is 0 Å². The van der Waals surface area contributed by atoms with Gasteiger partial charge in [-0.3, -0.25) is 0 Å². The zero-order chi connectivity index (χ0) is 5.86. The molecule has 0 fully saturated rings. The lowest BCUT2D eigenvalue weighted by Crippen LogP contribution is -1.80. The van der Waals surface area contributed by atoms with Crippen molar-refractivity contribution in [2.24, 2.45) is 0 Å². The van der Waals surface area contributed by atoms with Crippen LogP contribution in [0.3, 0.4) is 0 Å². The fraction of sp³-hybridized carbons (Fsp3) is 0.600. The Hall–Kier alpha value is 0.320. The standard InChI is InChI=1S/C5H8Cl2/c1-4(6)3-5(2)7/h3-4H,1-2H3. The van der Waals surface area contributed by atoms with E-state index in [1.807, 2.05) is 6.92 Å². The van der Waals surface area contributed by atoms with E-state index in [0.717, 1.165) is 5.03 Å². The second-order valence-electron chi connectivity index (χ2n) is 1.43. The van der Waals surface area contributed by atoms with Gasteiger partial charge in [-0.25, -0.2) is 0 Å². The Morgan fingerprint density at radius 3 is 2.14 bits per heavy atom. The highest BCUT2D eigenvalue weighted by Gasteiger charge is 1.86. The van der Waals surface area contributed by atoms with Crippen LogP contribution < -0.4 is 0 Å². The van der Waals surface area contributed by atoms with Crippen LogP contribution in [0.15, 0.2) is 11.1 Å². The van der Waals surface area contributed by atoms with Gasteiger partial charge in [-0.15, -0.1) is 11.6 Å². The summed E-state index contributed by atoms with van der Waals surface area (Å²) < 4.78 is 0. The number of hydrogen-bond acceptors (Lipinski definition) is 0. The predicted molar refractivity (Wildman–Crippen MR) is 34.9 cm³/mol. The van der Waals surface area contributed by atoms with E-state index in [9.17, 15) is 0 Å². The minimum absolute atomic E-state index is 0.0532. The van der Waals surface area contributed by atoms with E-state index in [2.05, 4.69) is 0 Å². The van der Waals surface area contributed by atoms with E-state index >= 15 is 0 Å². The van der Waals surface area contributed by atoms with Crippen LogP contribution in [0.1, 0.15) is 13.8 Å². The minimum Gasteiger partial charge on any atom is -0.119 e. The second kappa shape index (κ2) is 3.34. The van der Waals surface area contributed by atoms with Gasteiger partial charge < -0.3 is 0 Å². The summed E-state index contributed by atoms with van der Waals surface area (Å²) in [7, 11) is 0. The predicted octanol–water partition coefficient (Wildman–Crippen LogP) is 2.76. The number of hydrogen-bond donors (Lipinski definition) is 0. The third-order valence-electron chi connectivity index (χ3n) is 0.459. The Morgan fingerprint density at radius 2 is 2.14 bits per heavy atom. The minimum atomic E-state index is 0.0532. The maximum atomic E-state index is 5.51. The van der Waals surface area contributed by atoms with E-state index < -0.39 is 0 Å². The molecule has 0 aliphatic carbocycles. The average molecular weight is 139 g/mol. The van der Waals surface area contributed by atoms with Crippen LogP contribution in [-0.4, -0.2) is 5.38 Å². The van der Waals surface area contributed by atoms with Gasteiger partial charge in [0.05, 0.1) is 5.38 Å². The Morgan fingerprint density at radius 1 is 1.71 bits per heavy atom. The first-order valence-corrected chi connectivity index (χ1v) is 2.92. The molecule has 0 amide bonds. The van der Waals surface area contributed by atoms with Gasteiger partial charge in [0.15, 0.2) is 0 Å². The van der Waals surface area contributed by atoms with Crippen molar-refractivity contribution >= 4 is 23.2 Å². The fourth-order valence-corrected chi connectivity index (χ4v) is 0.759. The maximum absolute atomic E-state index is 5.51. The van der Waals surface area contributed by atoms with Crippen molar-refractivity contribution in [3.05, 3.63) is 11.1 Å². The smallest absolute Gasteiger partial charge is 0.0501 e. The summed E-state index contributed by atoms with van der Waals surface area (Å²) in [6, 6.07) is 0. The average Bonchev–Trinajstić information content (AvgIpc) is 1.27. The number of alkyl halides is 1. The van der Waals surface area contributed by atoms with Gasteiger partial charge in [0.2, 0.25) is 0 Å². The summed E-state index contributed by atoms with van der Waals surface area (Å²) in [4.78, 5) is 0. The molecule has 42 valence electrons. The summed E-state index contributed by atoms with van der Waals surface area (Å²) >= 11 is 11.0. The van der Waals surface area contributed by atoms with Crippen molar-refractivity contribution < 1.29 is 0 Å². The van der Waals surface area contributed by atoms with Crippen LogP contribution >= 0.6 is 23.2 Å². The SMILES string of the molecule is CC(Cl)=CC(C)Cl. The molecule has 0 saturated carbocycles. The third kappa shape index (κ3) is 6.32. The molecule has 1 atom stereocenters. The lowest BCUT2D eigenvalue weighted by atomic mass is 10.4. The first kappa shape index (κ1) is 7.32. The maximum Gasteiger partial charge on any atom is 0.0501 e. The molecule has 0 aromatic carbocycles. The molecule has 0 spiro atoms. The Kier molecular flexibility index (Phi) is 3.49. The molecule has 0 rings (SSSR count). The molecular weight excluding hydrogens is 131 g/mol. The first-order valence-electron chi connectivity index (χ1n) is 2.11. The number of rotatable bonds is 1. The normalized spacial score (nSPS) is 16.9. The Bertz CT molecular complexity index is 70.1. The third-order valence-corrected chi connectivity index (χ3v) is 0.711. The van der Waals surface area contributed by atoms with Gasteiger partial charge in [0.1, 0.15) is 0 Å². The van der Waals surface area contributed by atoms with Crippen LogP contribution in [0.5, 0.6) is 0 Å². The van der Waals surface area contributed by atoms with Crippen LogP contribution in [0.25, 0.3) is 0 Å². The van der Waals surface area contributed by atoms with Crippen LogP contribution in [0.4, 0.5) is 0 Å². The van der Waals surface area contributed by atoms with Gasteiger partial charge in [0.25, 0.3) is 0 Å². The monoisotopic (exact) mass is 138 g/mol. The number of allylic oxidation sites excluding steroid dienone is 2. The van der Waals surface area contributed by atoms with Crippen molar-refractivity contribution in [1.29, 1.82) is 0 Å². The lowest BCUT2D eigenvalue weighted by molar-refractivity contribution is 1.22. The summed E-state index contributed by atoms with van der Waals surface area (Å²) in [5, 5.41) is 0.806. The van der Waals surface area contributed by atoms with Crippen molar-refractivity contribution in [3.63, 3.8) is 0 Å². The van der Waals surface area contributed by atoms with Crippen LogP contribution in [0.2, 0.25) is 0 Å². The zero-order valence-electron chi connectivity index (χ0n) is 4.41. The highest BCUT2D eigenvalue weighted by atomic mass is 35.5. The largest absolute Gasteiger partial charge is 0.119 e. The summed E-state index contributed by atoms with van der Waals surface area (Å²) in [6.45, 7) is 3.67. The zero-order valence-corrected chi connectivity index (χ0v) is 5.92. The van der Waals surface area contributed by atoms with Gasteiger partial charge in [-0.05, 0) is 13.8 Å². The molecule has 0 aliphatic heterocycles. The molecule has 0 aliphatic rings. The van der Waals surface area contributed by atoms with Crippen molar-refractivity contribution in [1.82, 2.24) is 0 Å². The summed E-state index contributed by atoms with van der Waals surface area (Å²) in [5.74, 6) is 0. The van der Waals surface area contributed by atoms with Crippen molar-refractivity contribution in [2.75, 3.05) is 0 Å². The molecule has 0 saturated heterocycles. The summed E-state index contributed by atoms with van der Waals surface area (Å²) in [5.41, 5.74) is 0. The van der Waals surface area contributed by atoms with E-state index in [-0.39, 0.29) is 5.38 Å². The number of halogens is 2. The quantitative estimate of drug-likeness (QED) is 0.490. The molecule has 1 unspecified atom stereocenters. The van der Waals surface area contributed by atoms with Gasteiger partial charge in [-0.2, -0.15) is 0 Å². The molecule has 0 nitrogen and oxygen atoms in total. The van der Waals surface area contributed by atoms with Gasteiger partial charge >= 0.3 is 0 Å². The molecule has 0 radical (unpaired) electrons. The summed E-state index contributed by atoms with van der Waals surface area (Å²) in [6.07, 6.45) is 1.78. The molecule has 0 bridgehead atoms. The topological polar surface area (TPSA) is 0 Å². The van der Waals surface area contributed by atoms with Crippen molar-refractivity contribution in [2.45, 2.75) is 19.2 Å². The Labute approximate surface area is 54.1 Å². The fourth-order valence-electron chi connectivity index (χ4n) is 0.316. The molecule has 0 aromatic rings. The van der Waals surface area contributed by atoms with Crippen LogP contribution in [-0.2, 0) is 0 Å². The molecule has 0 heterocycles. The van der Waals surface area contributed by atoms with Gasteiger partial charge in [-0.1, -0.05) is 17.7 Å². The van der Waals surface area contributed by atoms with Gasteiger partial charge in [0, 0.05) is 5.03 Å². The molecule has 0 N–H and O–H groups in total. The highest BCUT2D eigenvalue weighted by Crippen LogP contribution is 2.03. The van der Waals surface area contributed by atoms with E-state index in [0.29, 0.717) is 0 Å². The molecule has 7 heavy (non-hydrogen) atoms. The van der Waals surface area contributed by atoms with E-state index in [1.165, 1.54) is 0 Å². The highest BCUT2D eigenvalue weighted by molar-refractivity contribution is 6.30. The first-order chi connectivity index (χ1) is 3.13. The molecule has 0 aromatic heterocycles. The van der Waals surface area contributed by atoms with Crippen LogP contribution in [0, 0.1) is 0 Å². The lowest BCUT2D eigenvalue weighted by Gasteiger charge is -1.88. The molecule has 2 heteroatoms. The van der Waals surface area contributed by atoms with E-state index in [4.69, 9.17) is 23.2 Å². The van der Waals surface area contributed by atoms with E-state index in [1.54, 1.807) is 13.0 Å².